The van der Waals surface area contributed by atoms with E-state index in [0.717, 1.165) is 35.2 Å². The normalized spacial score (nSPS) is 11.0. The van der Waals surface area contributed by atoms with Crippen molar-refractivity contribution in [2.45, 2.75) is 13.0 Å². The molecule has 0 fully saturated rings. The summed E-state index contributed by atoms with van der Waals surface area (Å²) in [6.07, 6.45) is 6.13. The summed E-state index contributed by atoms with van der Waals surface area (Å²) in [5.41, 5.74) is 2.13. The van der Waals surface area contributed by atoms with Crippen LogP contribution in [0, 0.1) is 0 Å². The number of guanidine groups is 1. The van der Waals surface area contributed by atoms with Crippen LogP contribution in [0.3, 0.4) is 0 Å². The standard InChI is InChI=1S/C21H25N5O.HI/c1-3-12-22-21(23-13-11-18-10-7-14-27-18)26(2)16-20-24-15-19(25-20)17-8-5-4-6-9-17;/h3-10,14-15H,1,11-13,16H2,2H3,(H,22,23)(H,24,25);1H. The highest BCUT2D eigenvalue weighted by atomic mass is 127. The van der Waals surface area contributed by atoms with Crippen LogP contribution < -0.4 is 5.32 Å². The molecule has 0 radical (unpaired) electrons. The molecule has 0 atom stereocenters. The first-order valence-corrected chi connectivity index (χ1v) is 8.98. The molecule has 2 aromatic heterocycles. The van der Waals surface area contributed by atoms with Gasteiger partial charge in [0.2, 0.25) is 0 Å². The molecule has 0 spiro atoms. The van der Waals surface area contributed by atoms with Crippen molar-refractivity contribution in [1.29, 1.82) is 0 Å². The van der Waals surface area contributed by atoms with Crippen molar-refractivity contribution < 1.29 is 4.42 Å². The molecule has 0 amide bonds. The van der Waals surface area contributed by atoms with Gasteiger partial charge in [-0.15, -0.1) is 30.6 Å². The molecule has 0 saturated heterocycles. The lowest BCUT2D eigenvalue weighted by atomic mass is 10.2. The third-order valence-corrected chi connectivity index (χ3v) is 4.07. The molecule has 3 aromatic rings. The molecular weight excluding hydrogens is 465 g/mol. The number of nitrogens with zero attached hydrogens (tertiary/aromatic N) is 3. The van der Waals surface area contributed by atoms with Gasteiger partial charge < -0.3 is 19.6 Å². The SMILES string of the molecule is C=CCNC(=NCCc1ccco1)N(C)Cc1ncc(-c2ccccc2)[nH]1.I. The first-order valence-electron chi connectivity index (χ1n) is 8.98. The lowest BCUT2D eigenvalue weighted by Crippen LogP contribution is -2.39. The van der Waals surface area contributed by atoms with Gasteiger partial charge in [0, 0.05) is 26.6 Å². The second kappa shape index (κ2) is 11.3. The molecule has 1 aromatic carbocycles. The molecule has 28 heavy (non-hydrogen) atoms. The number of nitrogens with one attached hydrogen (secondary N) is 2. The van der Waals surface area contributed by atoms with Gasteiger partial charge in [0.05, 0.1) is 24.7 Å². The van der Waals surface area contributed by atoms with E-state index in [1.165, 1.54) is 0 Å². The molecule has 0 aliphatic carbocycles. The first kappa shape index (κ1) is 21.7. The molecule has 0 bridgehead atoms. The summed E-state index contributed by atoms with van der Waals surface area (Å²) in [7, 11) is 1.99. The van der Waals surface area contributed by atoms with E-state index in [4.69, 9.17) is 4.42 Å². The average Bonchev–Trinajstić information content (AvgIpc) is 3.37. The van der Waals surface area contributed by atoms with Crippen LogP contribution in [0.15, 0.2) is 77.0 Å². The van der Waals surface area contributed by atoms with Crippen LogP contribution in [0.2, 0.25) is 0 Å². The number of hydrogen-bond acceptors (Lipinski definition) is 3. The Kier molecular flexibility index (Phi) is 8.80. The molecule has 148 valence electrons. The number of rotatable bonds is 8. The van der Waals surface area contributed by atoms with Gasteiger partial charge in [-0.2, -0.15) is 0 Å². The number of aromatic nitrogens is 2. The number of aliphatic imine (C=N–C) groups is 1. The van der Waals surface area contributed by atoms with Gasteiger partial charge in [-0.25, -0.2) is 4.98 Å². The highest BCUT2D eigenvalue weighted by molar-refractivity contribution is 14.0. The van der Waals surface area contributed by atoms with Gasteiger partial charge >= 0.3 is 0 Å². The van der Waals surface area contributed by atoms with E-state index in [-0.39, 0.29) is 24.0 Å². The Morgan fingerprint density at radius 3 is 2.82 bits per heavy atom. The summed E-state index contributed by atoms with van der Waals surface area (Å²) in [5.74, 6) is 2.62. The average molecular weight is 491 g/mol. The van der Waals surface area contributed by atoms with Crippen molar-refractivity contribution in [3.05, 3.63) is 79.2 Å². The van der Waals surface area contributed by atoms with Gasteiger partial charge in [-0.05, 0) is 17.7 Å². The van der Waals surface area contributed by atoms with Crippen molar-refractivity contribution in [2.75, 3.05) is 20.1 Å². The number of halogens is 1. The van der Waals surface area contributed by atoms with Gasteiger partial charge in [-0.1, -0.05) is 36.4 Å². The van der Waals surface area contributed by atoms with Crippen LogP contribution >= 0.6 is 24.0 Å². The minimum Gasteiger partial charge on any atom is -0.469 e. The largest absolute Gasteiger partial charge is 0.469 e. The zero-order valence-electron chi connectivity index (χ0n) is 16.0. The second-order valence-electron chi connectivity index (χ2n) is 6.17. The third-order valence-electron chi connectivity index (χ3n) is 4.07. The molecule has 6 nitrogen and oxygen atoms in total. The van der Waals surface area contributed by atoms with E-state index in [2.05, 4.69) is 39.0 Å². The molecule has 7 heteroatoms. The number of aromatic amines is 1. The number of H-pyrrole nitrogens is 1. The number of hydrogen-bond donors (Lipinski definition) is 2. The van der Waals surface area contributed by atoms with E-state index < -0.39 is 0 Å². The fraction of sp³-hybridized carbons (Fsp3) is 0.238. The highest BCUT2D eigenvalue weighted by Crippen LogP contribution is 2.16. The minimum atomic E-state index is 0. The highest BCUT2D eigenvalue weighted by Gasteiger charge is 2.10. The summed E-state index contributed by atoms with van der Waals surface area (Å²) in [5, 5.41) is 3.29. The monoisotopic (exact) mass is 491 g/mol. The Balaban J connectivity index is 0.00000280. The van der Waals surface area contributed by atoms with Gasteiger partial charge in [-0.3, -0.25) is 4.99 Å². The summed E-state index contributed by atoms with van der Waals surface area (Å²) in [6, 6.07) is 14.0. The van der Waals surface area contributed by atoms with Crippen molar-refractivity contribution in [3.63, 3.8) is 0 Å². The molecule has 2 heterocycles. The summed E-state index contributed by atoms with van der Waals surface area (Å²) in [6.45, 7) is 5.68. The lowest BCUT2D eigenvalue weighted by molar-refractivity contribution is 0.463. The van der Waals surface area contributed by atoms with Gasteiger partial charge in [0.1, 0.15) is 11.6 Å². The van der Waals surface area contributed by atoms with Crippen LogP contribution in [0.5, 0.6) is 0 Å². The van der Waals surface area contributed by atoms with Crippen LogP contribution in [-0.4, -0.2) is 41.0 Å². The van der Waals surface area contributed by atoms with Crippen molar-refractivity contribution in [2.24, 2.45) is 4.99 Å². The predicted molar refractivity (Wildman–Crippen MR) is 124 cm³/mol. The molecule has 0 unspecified atom stereocenters. The van der Waals surface area contributed by atoms with Crippen molar-refractivity contribution >= 4 is 29.9 Å². The smallest absolute Gasteiger partial charge is 0.194 e. The van der Waals surface area contributed by atoms with Gasteiger partial charge in [0.25, 0.3) is 0 Å². The number of benzene rings is 1. The summed E-state index contributed by atoms with van der Waals surface area (Å²) < 4.78 is 5.36. The Bertz CT molecular complexity index is 858. The first-order chi connectivity index (χ1) is 13.3. The van der Waals surface area contributed by atoms with E-state index in [0.29, 0.717) is 19.6 Å². The lowest BCUT2D eigenvalue weighted by Gasteiger charge is -2.21. The zero-order valence-corrected chi connectivity index (χ0v) is 18.3. The van der Waals surface area contributed by atoms with Crippen molar-refractivity contribution in [1.82, 2.24) is 20.2 Å². The molecule has 3 rings (SSSR count). The second-order valence-corrected chi connectivity index (χ2v) is 6.17. The molecule has 2 N–H and O–H groups in total. The molecule has 0 aliphatic heterocycles. The Morgan fingerprint density at radius 1 is 1.29 bits per heavy atom. The maximum Gasteiger partial charge on any atom is 0.194 e. The topological polar surface area (TPSA) is 69.5 Å². The van der Waals surface area contributed by atoms with Gasteiger partial charge in [0.15, 0.2) is 5.96 Å². The summed E-state index contributed by atoms with van der Waals surface area (Å²) in [4.78, 5) is 14.6. The van der Waals surface area contributed by atoms with Crippen LogP contribution in [0.25, 0.3) is 11.3 Å². The third kappa shape index (κ3) is 6.26. The predicted octanol–water partition coefficient (Wildman–Crippen LogP) is 4.09. The zero-order chi connectivity index (χ0) is 18.9. The van der Waals surface area contributed by atoms with E-state index >= 15 is 0 Å². The summed E-state index contributed by atoms with van der Waals surface area (Å²) >= 11 is 0. The minimum absolute atomic E-state index is 0. The van der Waals surface area contributed by atoms with E-state index in [1.54, 1.807) is 6.26 Å². The maximum absolute atomic E-state index is 5.36. The van der Waals surface area contributed by atoms with E-state index in [9.17, 15) is 0 Å². The Morgan fingerprint density at radius 2 is 2.11 bits per heavy atom. The number of furan rings is 1. The van der Waals surface area contributed by atoms with Crippen LogP contribution in [0.4, 0.5) is 0 Å². The maximum atomic E-state index is 5.36. The van der Waals surface area contributed by atoms with Crippen LogP contribution in [-0.2, 0) is 13.0 Å². The fourth-order valence-electron chi connectivity index (χ4n) is 2.71. The molecular formula is C21H26IN5O. The Labute approximate surface area is 182 Å². The Hall–Kier alpha value is -2.55. The quantitative estimate of drug-likeness (QED) is 0.216. The van der Waals surface area contributed by atoms with Crippen molar-refractivity contribution in [3.8, 4) is 11.3 Å². The van der Waals surface area contributed by atoms with E-state index in [1.807, 2.05) is 54.6 Å². The molecule has 0 aliphatic rings. The molecule has 0 saturated carbocycles. The van der Waals surface area contributed by atoms with Crippen LogP contribution in [0.1, 0.15) is 11.6 Å². The fourth-order valence-corrected chi connectivity index (χ4v) is 2.71. The number of imidazole rings is 1.